The molecule has 1 aromatic rings. The largest absolute Gasteiger partial charge is 0.494 e. The summed E-state index contributed by atoms with van der Waals surface area (Å²) >= 11 is 0. The van der Waals surface area contributed by atoms with E-state index in [4.69, 9.17) is 15.2 Å². The summed E-state index contributed by atoms with van der Waals surface area (Å²) in [7, 11) is 0. The standard InChI is InChI=1S/C13H19NO3/c1-3-16-11-7-5-10(6-8-11)12(14)9-13(15)17-4-2/h5-8,12H,3-4,9,14H2,1-2H3/t12-/m1/s1. The molecule has 0 aliphatic carbocycles. The van der Waals surface area contributed by atoms with E-state index in [0.29, 0.717) is 13.2 Å². The molecule has 0 aromatic heterocycles. The molecule has 17 heavy (non-hydrogen) atoms. The molecular weight excluding hydrogens is 218 g/mol. The van der Waals surface area contributed by atoms with Crippen molar-refractivity contribution in [3.05, 3.63) is 29.8 Å². The molecule has 0 saturated heterocycles. The first-order valence-electron chi connectivity index (χ1n) is 5.81. The fraction of sp³-hybridized carbons (Fsp3) is 0.462. The molecule has 2 N–H and O–H groups in total. The highest BCUT2D eigenvalue weighted by Crippen LogP contribution is 2.18. The Hall–Kier alpha value is -1.55. The van der Waals surface area contributed by atoms with Gasteiger partial charge in [-0.2, -0.15) is 0 Å². The number of hydrogen-bond donors (Lipinski definition) is 1. The van der Waals surface area contributed by atoms with Gasteiger partial charge in [0.05, 0.1) is 19.6 Å². The van der Waals surface area contributed by atoms with Gasteiger partial charge in [-0.05, 0) is 31.5 Å². The first kappa shape index (κ1) is 13.5. The molecule has 0 unspecified atom stereocenters. The highest BCUT2D eigenvalue weighted by Gasteiger charge is 2.12. The van der Waals surface area contributed by atoms with E-state index >= 15 is 0 Å². The van der Waals surface area contributed by atoms with E-state index in [1.54, 1.807) is 6.92 Å². The fourth-order valence-corrected chi connectivity index (χ4v) is 1.50. The summed E-state index contributed by atoms with van der Waals surface area (Å²) in [4.78, 5) is 11.3. The fourth-order valence-electron chi connectivity index (χ4n) is 1.50. The zero-order valence-corrected chi connectivity index (χ0v) is 10.3. The summed E-state index contributed by atoms with van der Waals surface area (Å²) in [5.41, 5.74) is 6.81. The normalized spacial score (nSPS) is 11.9. The molecule has 4 nitrogen and oxygen atoms in total. The lowest BCUT2D eigenvalue weighted by Gasteiger charge is -2.12. The van der Waals surface area contributed by atoms with E-state index in [0.717, 1.165) is 11.3 Å². The molecule has 0 radical (unpaired) electrons. The molecule has 1 aromatic carbocycles. The second-order valence-electron chi connectivity index (χ2n) is 3.62. The molecule has 0 fully saturated rings. The summed E-state index contributed by atoms with van der Waals surface area (Å²) in [6.07, 6.45) is 0.196. The molecule has 94 valence electrons. The number of carbonyl (C=O) groups excluding carboxylic acids is 1. The monoisotopic (exact) mass is 237 g/mol. The van der Waals surface area contributed by atoms with Crippen LogP contribution in [0.1, 0.15) is 31.9 Å². The van der Waals surface area contributed by atoms with Gasteiger partial charge in [0.1, 0.15) is 5.75 Å². The van der Waals surface area contributed by atoms with Crippen LogP contribution in [0.25, 0.3) is 0 Å². The number of nitrogens with two attached hydrogens (primary N) is 1. The molecule has 0 saturated carbocycles. The third-order valence-corrected chi connectivity index (χ3v) is 2.31. The van der Waals surface area contributed by atoms with Crippen LogP contribution in [0.5, 0.6) is 5.75 Å². The Bertz CT molecular complexity index is 348. The maximum absolute atomic E-state index is 11.3. The lowest BCUT2D eigenvalue weighted by Crippen LogP contribution is -2.17. The highest BCUT2D eigenvalue weighted by molar-refractivity contribution is 5.70. The Morgan fingerprint density at radius 3 is 2.41 bits per heavy atom. The van der Waals surface area contributed by atoms with Gasteiger partial charge in [-0.25, -0.2) is 0 Å². The molecular formula is C13H19NO3. The second-order valence-corrected chi connectivity index (χ2v) is 3.62. The Kier molecular flexibility index (Phi) is 5.49. The van der Waals surface area contributed by atoms with Crippen LogP contribution in [0.2, 0.25) is 0 Å². The third kappa shape index (κ3) is 4.44. The van der Waals surface area contributed by atoms with E-state index in [2.05, 4.69) is 0 Å². The van der Waals surface area contributed by atoms with Crippen LogP contribution < -0.4 is 10.5 Å². The quantitative estimate of drug-likeness (QED) is 0.769. The van der Waals surface area contributed by atoms with Gasteiger partial charge in [0, 0.05) is 6.04 Å². The van der Waals surface area contributed by atoms with Crippen LogP contribution >= 0.6 is 0 Å². The molecule has 0 heterocycles. The van der Waals surface area contributed by atoms with Crippen LogP contribution in [0.4, 0.5) is 0 Å². The maximum Gasteiger partial charge on any atom is 0.307 e. The van der Waals surface area contributed by atoms with Gasteiger partial charge in [0.2, 0.25) is 0 Å². The maximum atomic E-state index is 11.3. The molecule has 0 bridgehead atoms. The molecule has 0 aliphatic heterocycles. The second kappa shape index (κ2) is 6.91. The number of esters is 1. The predicted octanol–water partition coefficient (Wildman–Crippen LogP) is 2.04. The number of benzene rings is 1. The van der Waals surface area contributed by atoms with Crippen molar-refractivity contribution in [1.82, 2.24) is 0 Å². The summed E-state index contributed by atoms with van der Waals surface area (Å²) in [5, 5.41) is 0. The van der Waals surface area contributed by atoms with E-state index in [-0.39, 0.29) is 18.4 Å². The average Bonchev–Trinajstić information content (AvgIpc) is 2.30. The minimum absolute atomic E-state index is 0.196. The molecule has 4 heteroatoms. The summed E-state index contributed by atoms with van der Waals surface area (Å²) in [6, 6.07) is 7.11. The average molecular weight is 237 g/mol. The minimum atomic E-state index is -0.329. The van der Waals surface area contributed by atoms with E-state index in [1.165, 1.54) is 0 Å². The minimum Gasteiger partial charge on any atom is -0.494 e. The lowest BCUT2D eigenvalue weighted by atomic mass is 10.0. The molecule has 0 amide bonds. The van der Waals surface area contributed by atoms with Gasteiger partial charge in [-0.15, -0.1) is 0 Å². The van der Waals surface area contributed by atoms with Gasteiger partial charge in [0.25, 0.3) is 0 Å². The van der Waals surface area contributed by atoms with Crippen molar-refractivity contribution in [3.63, 3.8) is 0 Å². The molecule has 1 rings (SSSR count). The summed E-state index contributed by atoms with van der Waals surface area (Å²) < 4.78 is 10.2. The van der Waals surface area contributed by atoms with Gasteiger partial charge in [-0.3, -0.25) is 4.79 Å². The zero-order valence-electron chi connectivity index (χ0n) is 10.3. The van der Waals surface area contributed by atoms with Crippen molar-refractivity contribution < 1.29 is 14.3 Å². The Morgan fingerprint density at radius 1 is 1.24 bits per heavy atom. The van der Waals surface area contributed by atoms with Gasteiger partial charge < -0.3 is 15.2 Å². The first-order chi connectivity index (χ1) is 8.17. The summed E-state index contributed by atoms with van der Waals surface area (Å²) in [6.45, 7) is 4.73. The highest BCUT2D eigenvalue weighted by atomic mass is 16.5. The van der Waals surface area contributed by atoms with Crippen molar-refractivity contribution in [2.75, 3.05) is 13.2 Å². The third-order valence-electron chi connectivity index (χ3n) is 2.31. The molecule has 0 spiro atoms. The molecule has 0 aliphatic rings. The topological polar surface area (TPSA) is 61.5 Å². The van der Waals surface area contributed by atoms with E-state index < -0.39 is 0 Å². The lowest BCUT2D eigenvalue weighted by molar-refractivity contribution is -0.143. The van der Waals surface area contributed by atoms with Crippen LogP contribution in [-0.4, -0.2) is 19.2 Å². The smallest absolute Gasteiger partial charge is 0.307 e. The molecule has 1 atom stereocenters. The van der Waals surface area contributed by atoms with Crippen molar-refractivity contribution in [3.8, 4) is 5.75 Å². The van der Waals surface area contributed by atoms with Crippen LogP contribution in [-0.2, 0) is 9.53 Å². The van der Waals surface area contributed by atoms with Crippen LogP contribution in [0.15, 0.2) is 24.3 Å². The van der Waals surface area contributed by atoms with Gasteiger partial charge in [-0.1, -0.05) is 12.1 Å². The SMILES string of the molecule is CCOC(=O)C[C@@H](N)c1ccc(OCC)cc1. The Morgan fingerprint density at radius 2 is 1.88 bits per heavy atom. The van der Waals surface area contributed by atoms with E-state index in [1.807, 2.05) is 31.2 Å². The van der Waals surface area contributed by atoms with Crippen LogP contribution in [0.3, 0.4) is 0 Å². The van der Waals surface area contributed by atoms with Crippen molar-refractivity contribution >= 4 is 5.97 Å². The summed E-state index contributed by atoms with van der Waals surface area (Å²) in [5.74, 6) is 0.536. The number of rotatable bonds is 6. The zero-order chi connectivity index (χ0) is 12.7. The first-order valence-corrected chi connectivity index (χ1v) is 5.81. The number of ether oxygens (including phenoxy) is 2. The number of carbonyl (C=O) groups is 1. The van der Waals surface area contributed by atoms with Gasteiger partial charge in [0.15, 0.2) is 0 Å². The van der Waals surface area contributed by atoms with Crippen molar-refractivity contribution in [2.45, 2.75) is 26.3 Å². The van der Waals surface area contributed by atoms with Crippen molar-refractivity contribution in [2.24, 2.45) is 5.73 Å². The van der Waals surface area contributed by atoms with Gasteiger partial charge >= 0.3 is 5.97 Å². The van der Waals surface area contributed by atoms with Crippen LogP contribution in [0, 0.1) is 0 Å². The predicted molar refractivity (Wildman–Crippen MR) is 65.8 cm³/mol. The Balaban J connectivity index is 2.56. The van der Waals surface area contributed by atoms with Crippen molar-refractivity contribution in [1.29, 1.82) is 0 Å². The van der Waals surface area contributed by atoms with E-state index in [9.17, 15) is 4.79 Å². The number of hydrogen-bond acceptors (Lipinski definition) is 4. The Labute approximate surface area is 102 Å².